The van der Waals surface area contributed by atoms with E-state index in [4.69, 9.17) is 0 Å². The van der Waals surface area contributed by atoms with Crippen molar-refractivity contribution in [2.45, 2.75) is 50.4 Å². The molecule has 2 aromatic rings. The van der Waals surface area contributed by atoms with Gasteiger partial charge in [0.15, 0.2) is 0 Å². The number of nitrogens with one attached hydrogen (secondary N) is 2. The van der Waals surface area contributed by atoms with Gasteiger partial charge in [0.25, 0.3) is 5.56 Å². The van der Waals surface area contributed by atoms with Gasteiger partial charge in [-0.3, -0.25) is 14.9 Å². The maximum absolute atomic E-state index is 13.6. The third kappa shape index (κ3) is 3.17. The second-order valence-electron chi connectivity index (χ2n) is 8.72. The van der Waals surface area contributed by atoms with Gasteiger partial charge < -0.3 is 15.0 Å². The number of hydrogen-bond acceptors (Lipinski definition) is 4. The first-order valence-electron chi connectivity index (χ1n) is 10.7. The molecule has 2 fully saturated rings. The second kappa shape index (κ2) is 7.63. The zero-order valence-electron chi connectivity index (χ0n) is 16.7. The Bertz CT molecular complexity index is 1030. The summed E-state index contributed by atoms with van der Waals surface area (Å²) in [5.41, 5.74) is 1.65. The minimum absolute atomic E-state index is 0.0372. The van der Waals surface area contributed by atoms with Crippen LogP contribution in [0.2, 0.25) is 0 Å². The minimum atomic E-state index is -0.461. The molecular formula is C23H26FN3O3. The number of benzene rings is 1. The van der Waals surface area contributed by atoms with Gasteiger partial charge in [-0.25, -0.2) is 4.39 Å². The molecule has 158 valence electrons. The Morgan fingerprint density at radius 2 is 2.03 bits per heavy atom. The van der Waals surface area contributed by atoms with E-state index in [9.17, 15) is 19.1 Å². The van der Waals surface area contributed by atoms with E-state index in [1.807, 2.05) is 6.07 Å². The number of rotatable bonds is 4. The number of halogens is 1. The smallest absolute Gasteiger partial charge is 0.258 e. The predicted octanol–water partition coefficient (Wildman–Crippen LogP) is 1.96. The summed E-state index contributed by atoms with van der Waals surface area (Å²) in [5.74, 6) is -0.730. The third-order valence-electron chi connectivity index (χ3n) is 7.02. The zero-order chi connectivity index (χ0) is 20.8. The number of aliphatic hydroxyl groups is 1. The van der Waals surface area contributed by atoms with Crippen molar-refractivity contribution in [3.8, 4) is 11.1 Å². The average molecular weight is 411 g/mol. The number of aromatic nitrogens is 1. The molecule has 3 N–H and O–H groups in total. The minimum Gasteiger partial charge on any atom is -0.396 e. The van der Waals surface area contributed by atoms with E-state index < -0.39 is 6.04 Å². The highest BCUT2D eigenvalue weighted by atomic mass is 19.1. The van der Waals surface area contributed by atoms with Crippen LogP contribution >= 0.6 is 0 Å². The van der Waals surface area contributed by atoms with Crippen molar-refractivity contribution < 1.29 is 14.3 Å². The van der Waals surface area contributed by atoms with Crippen molar-refractivity contribution in [3.63, 3.8) is 0 Å². The van der Waals surface area contributed by atoms with E-state index in [1.165, 1.54) is 12.1 Å². The number of carbonyl (C=O) groups excluding carboxylic acids is 1. The molecule has 1 aromatic carbocycles. The third-order valence-corrected chi connectivity index (χ3v) is 7.02. The average Bonchev–Trinajstić information content (AvgIpc) is 3.44. The van der Waals surface area contributed by atoms with Gasteiger partial charge in [-0.1, -0.05) is 25.0 Å². The highest BCUT2D eigenvalue weighted by Crippen LogP contribution is 2.43. The summed E-state index contributed by atoms with van der Waals surface area (Å²) in [4.78, 5) is 26.0. The summed E-state index contributed by atoms with van der Waals surface area (Å²) in [6.07, 6.45) is 4.30. The summed E-state index contributed by atoms with van der Waals surface area (Å²) in [5, 5.41) is 16.6. The fourth-order valence-electron chi connectivity index (χ4n) is 5.49. The Labute approximate surface area is 174 Å². The predicted molar refractivity (Wildman–Crippen MR) is 110 cm³/mol. The number of amides is 1. The van der Waals surface area contributed by atoms with Crippen molar-refractivity contribution >= 4 is 5.91 Å². The molecule has 4 atom stereocenters. The number of pyridine rings is 1. The number of carbonyl (C=O) groups is 1. The van der Waals surface area contributed by atoms with E-state index in [0.29, 0.717) is 17.7 Å². The van der Waals surface area contributed by atoms with Crippen LogP contribution in [0.3, 0.4) is 0 Å². The van der Waals surface area contributed by atoms with Crippen LogP contribution in [0.25, 0.3) is 11.1 Å². The largest absolute Gasteiger partial charge is 0.396 e. The Morgan fingerprint density at radius 1 is 1.23 bits per heavy atom. The van der Waals surface area contributed by atoms with Crippen LogP contribution in [0.1, 0.15) is 37.4 Å². The Balaban J connectivity index is 1.42. The molecule has 1 aliphatic carbocycles. The number of aliphatic hydroxyl groups excluding tert-OH is 1. The molecule has 1 aromatic heterocycles. The first-order valence-corrected chi connectivity index (χ1v) is 10.7. The van der Waals surface area contributed by atoms with Crippen LogP contribution < -0.4 is 16.2 Å². The van der Waals surface area contributed by atoms with Gasteiger partial charge in [0.05, 0.1) is 12.1 Å². The normalized spacial score (nSPS) is 27.8. The van der Waals surface area contributed by atoms with Crippen LogP contribution in [0.4, 0.5) is 4.39 Å². The van der Waals surface area contributed by atoms with E-state index >= 15 is 0 Å². The van der Waals surface area contributed by atoms with Gasteiger partial charge in [0.2, 0.25) is 5.91 Å². The first kappa shape index (κ1) is 19.5. The topological polar surface area (TPSA) is 83.4 Å². The van der Waals surface area contributed by atoms with E-state index in [0.717, 1.165) is 31.4 Å². The van der Waals surface area contributed by atoms with Crippen molar-refractivity contribution in [3.05, 3.63) is 58.3 Å². The standard InChI is InChI=1S/C23H26FN3O3/c24-14-5-3-4-13(10-14)16-8-9-19-20-17(11-27(19)23(16)30)18(12-28)21(26-20)22(29)25-15-6-1-2-7-15/h3-5,8-10,15,17-18,20-21,26,28H,1-2,6-7,11-12H2,(H,25,29)/t17-,18-,20+,21-/m1/s1. The van der Waals surface area contributed by atoms with Crippen LogP contribution in [-0.4, -0.2) is 34.3 Å². The first-order chi connectivity index (χ1) is 14.6. The summed E-state index contributed by atoms with van der Waals surface area (Å²) < 4.78 is 15.3. The molecule has 0 unspecified atom stereocenters. The molecule has 6 nitrogen and oxygen atoms in total. The molecule has 5 rings (SSSR count). The highest BCUT2D eigenvalue weighted by molar-refractivity contribution is 5.83. The molecule has 1 saturated carbocycles. The molecule has 1 saturated heterocycles. The second-order valence-corrected chi connectivity index (χ2v) is 8.72. The molecule has 3 aliphatic rings. The van der Waals surface area contributed by atoms with Gasteiger partial charge in [-0.2, -0.15) is 0 Å². The van der Waals surface area contributed by atoms with Crippen LogP contribution in [0.5, 0.6) is 0 Å². The van der Waals surface area contributed by atoms with E-state index in [-0.39, 0.29) is 47.8 Å². The Morgan fingerprint density at radius 3 is 2.77 bits per heavy atom. The fourth-order valence-corrected chi connectivity index (χ4v) is 5.49. The van der Waals surface area contributed by atoms with Crippen molar-refractivity contribution in [2.24, 2.45) is 11.8 Å². The van der Waals surface area contributed by atoms with Crippen molar-refractivity contribution in [1.82, 2.24) is 15.2 Å². The van der Waals surface area contributed by atoms with Gasteiger partial charge >= 0.3 is 0 Å². The molecule has 0 radical (unpaired) electrons. The van der Waals surface area contributed by atoms with Crippen LogP contribution in [-0.2, 0) is 11.3 Å². The van der Waals surface area contributed by atoms with Crippen molar-refractivity contribution in [2.75, 3.05) is 6.61 Å². The van der Waals surface area contributed by atoms with Gasteiger partial charge in [-0.15, -0.1) is 0 Å². The quantitative estimate of drug-likeness (QED) is 0.718. The van der Waals surface area contributed by atoms with Gasteiger partial charge in [-0.05, 0) is 42.7 Å². The van der Waals surface area contributed by atoms with Crippen LogP contribution in [0.15, 0.2) is 41.2 Å². The lowest BCUT2D eigenvalue weighted by atomic mass is 9.88. The fraction of sp³-hybridized carbons (Fsp3) is 0.478. The molecular weight excluding hydrogens is 385 g/mol. The monoisotopic (exact) mass is 411 g/mol. The SMILES string of the molecule is O=C(NC1CCCC1)[C@@H]1N[C@@H]2c3ccc(-c4cccc(F)c4)c(=O)n3C[C@@H]2[C@H]1CO. The molecule has 0 spiro atoms. The highest BCUT2D eigenvalue weighted by Gasteiger charge is 2.50. The Kier molecular flexibility index (Phi) is 4.95. The van der Waals surface area contributed by atoms with Crippen molar-refractivity contribution in [1.29, 1.82) is 0 Å². The zero-order valence-corrected chi connectivity index (χ0v) is 16.7. The molecule has 30 heavy (non-hydrogen) atoms. The number of nitrogens with zero attached hydrogens (tertiary/aromatic N) is 1. The lowest BCUT2D eigenvalue weighted by Crippen LogP contribution is -2.48. The molecule has 3 heterocycles. The maximum atomic E-state index is 13.6. The molecule has 7 heteroatoms. The Hall–Kier alpha value is -2.51. The summed E-state index contributed by atoms with van der Waals surface area (Å²) >= 11 is 0. The molecule has 0 bridgehead atoms. The van der Waals surface area contributed by atoms with E-state index in [2.05, 4.69) is 10.6 Å². The number of fused-ring (bicyclic) bond motifs is 3. The maximum Gasteiger partial charge on any atom is 0.258 e. The number of hydrogen-bond donors (Lipinski definition) is 3. The summed E-state index contributed by atoms with van der Waals surface area (Å²) in [6, 6.07) is 9.24. The molecule has 1 amide bonds. The van der Waals surface area contributed by atoms with E-state index in [1.54, 1.807) is 22.8 Å². The van der Waals surface area contributed by atoms with Gasteiger partial charge in [0, 0.05) is 42.3 Å². The van der Waals surface area contributed by atoms with Gasteiger partial charge in [0.1, 0.15) is 5.82 Å². The molecule has 2 aliphatic heterocycles. The van der Waals surface area contributed by atoms with Crippen LogP contribution in [0, 0.1) is 17.7 Å². The lowest BCUT2D eigenvalue weighted by molar-refractivity contribution is -0.125. The summed E-state index contributed by atoms with van der Waals surface area (Å²) in [7, 11) is 0. The lowest BCUT2D eigenvalue weighted by Gasteiger charge is -2.23. The summed E-state index contributed by atoms with van der Waals surface area (Å²) in [6.45, 7) is 0.323.